The fourth-order valence-electron chi connectivity index (χ4n) is 1.28. The number of carbonyl (C=O) groups is 1. The summed E-state index contributed by atoms with van der Waals surface area (Å²) in [6, 6.07) is 3.26. The highest BCUT2D eigenvalue weighted by atomic mass is 79.9. The van der Waals surface area contributed by atoms with Crippen molar-refractivity contribution in [2.24, 2.45) is 0 Å². The SMILES string of the molecule is COC[C@](C)(CNC(=O)c1ccc(Br)o1)OC. The highest BCUT2D eigenvalue weighted by molar-refractivity contribution is 9.10. The topological polar surface area (TPSA) is 60.7 Å². The van der Waals surface area contributed by atoms with Crippen molar-refractivity contribution in [1.82, 2.24) is 5.32 Å². The Morgan fingerprint density at radius 1 is 1.53 bits per heavy atom. The van der Waals surface area contributed by atoms with Crippen LogP contribution in [0, 0.1) is 0 Å². The van der Waals surface area contributed by atoms with E-state index in [1.54, 1.807) is 26.4 Å². The normalized spacial score (nSPS) is 14.4. The first-order valence-electron chi connectivity index (χ1n) is 5.08. The third kappa shape index (κ3) is 4.14. The van der Waals surface area contributed by atoms with Crippen molar-refractivity contribution in [3.05, 3.63) is 22.6 Å². The first-order chi connectivity index (χ1) is 8.00. The largest absolute Gasteiger partial charge is 0.444 e. The van der Waals surface area contributed by atoms with Gasteiger partial charge in [0.2, 0.25) is 0 Å². The minimum absolute atomic E-state index is 0.257. The fourth-order valence-corrected chi connectivity index (χ4v) is 1.58. The van der Waals surface area contributed by atoms with Crippen molar-refractivity contribution in [2.75, 3.05) is 27.4 Å². The maximum absolute atomic E-state index is 11.7. The second-order valence-corrected chi connectivity index (χ2v) is 4.66. The molecular weight excluding hydrogens is 290 g/mol. The number of methoxy groups -OCH3 is 2. The number of carbonyl (C=O) groups excluding carboxylic acids is 1. The molecule has 1 atom stereocenters. The first-order valence-corrected chi connectivity index (χ1v) is 5.87. The van der Waals surface area contributed by atoms with Crippen LogP contribution in [0.4, 0.5) is 0 Å². The van der Waals surface area contributed by atoms with Crippen molar-refractivity contribution in [1.29, 1.82) is 0 Å². The molecule has 96 valence electrons. The fraction of sp³-hybridized carbons (Fsp3) is 0.545. The van der Waals surface area contributed by atoms with Gasteiger partial charge >= 0.3 is 0 Å². The van der Waals surface area contributed by atoms with Gasteiger partial charge in [-0.25, -0.2) is 0 Å². The Bertz CT molecular complexity index is 379. The maximum atomic E-state index is 11.7. The highest BCUT2D eigenvalue weighted by Crippen LogP contribution is 2.14. The Morgan fingerprint density at radius 3 is 2.71 bits per heavy atom. The Hall–Kier alpha value is -0.850. The van der Waals surface area contributed by atoms with Crippen LogP contribution >= 0.6 is 15.9 Å². The lowest BCUT2D eigenvalue weighted by molar-refractivity contribution is -0.0480. The smallest absolute Gasteiger partial charge is 0.287 e. The monoisotopic (exact) mass is 305 g/mol. The van der Waals surface area contributed by atoms with E-state index in [1.165, 1.54) is 0 Å². The number of furan rings is 1. The van der Waals surface area contributed by atoms with Crippen LogP contribution in [0.15, 0.2) is 21.2 Å². The zero-order valence-electron chi connectivity index (χ0n) is 10.1. The lowest BCUT2D eigenvalue weighted by Crippen LogP contribution is -2.45. The molecule has 1 heterocycles. The summed E-state index contributed by atoms with van der Waals surface area (Å²) in [4.78, 5) is 11.7. The van der Waals surface area contributed by atoms with Gasteiger partial charge in [-0.1, -0.05) is 0 Å². The molecule has 0 aliphatic carbocycles. The molecular formula is C11H16BrNO4. The number of hydrogen-bond acceptors (Lipinski definition) is 4. The van der Waals surface area contributed by atoms with E-state index in [0.29, 0.717) is 17.8 Å². The second-order valence-electron chi connectivity index (χ2n) is 3.87. The standard InChI is InChI=1S/C11H16BrNO4/c1-11(16-3,7-15-2)6-13-10(14)8-4-5-9(12)17-8/h4-5H,6-7H2,1-3H3,(H,13,14)/t11-/m0/s1. The summed E-state index contributed by atoms with van der Waals surface area (Å²) in [6.45, 7) is 2.59. The highest BCUT2D eigenvalue weighted by Gasteiger charge is 2.25. The summed E-state index contributed by atoms with van der Waals surface area (Å²) in [5.41, 5.74) is -0.547. The molecule has 0 aromatic carbocycles. The van der Waals surface area contributed by atoms with Crippen LogP contribution in [0.1, 0.15) is 17.5 Å². The van der Waals surface area contributed by atoms with E-state index in [0.717, 1.165) is 0 Å². The first kappa shape index (κ1) is 14.2. The average molecular weight is 306 g/mol. The number of ether oxygens (including phenoxy) is 2. The Labute approximate surface area is 109 Å². The van der Waals surface area contributed by atoms with Gasteiger partial charge in [0.1, 0.15) is 5.60 Å². The van der Waals surface area contributed by atoms with E-state index in [-0.39, 0.29) is 11.7 Å². The van der Waals surface area contributed by atoms with E-state index < -0.39 is 5.60 Å². The molecule has 1 N–H and O–H groups in total. The van der Waals surface area contributed by atoms with Crippen LogP contribution in [0.2, 0.25) is 0 Å². The van der Waals surface area contributed by atoms with Gasteiger partial charge < -0.3 is 19.2 Å². The second kappa shape index (κ2) is 6.18. The van der Waals surface area contributed by atoms with Gasteiger partial charge in [-0.2, -0.15) is 0 Å². The van der Waals surface area contributed by atoms with Gasteiger partial charge in [0.05, 0.1) is 6.61 Å². The molecule has 1 rings (SSSR count). The molecule has 0 spiro atoms. The van der Waals surface area contributed by atoms with E-state index in [9.17, 15) is 4.79 Å². The molecule has 0 aliphatic heterocycles. The van der Waals surface area contributed by atoms with Crippen molar-refractivity contribution in [3.63, 3.8) is 0 Å². The Morgan fingerprint density at radius 2 is 2.24 bits per heavy atom. The molecule has 17 heavy (non-hydrogen) atoms. The molecule has 1 amide bonds. The van der Waals surface area contributed by atoms with E-state index in [2.05, 4.69) is 21.2 Å². The van der Waals surface area contributed by atoms with E-state index in [4.69, 9.17) is 13.9 Å². The van der Waals surface area contributed by atoms with Gasteiger partial charge in [0.25, 0.3) is 5.91 Å². The Balaban J connectivity index is 2.52. The van der Waals surface area contributed by atoms with Crippen LogP contribution in [0.5, 0.6) is 0 Å². The molecule has 6 heteroatoms. The molecule has 5 nitrogen and oxygen atoms in total. The number of rotatable bonds is 6. The molecule has 0 saturated heterocycles. The van der Waals surface area contributed by atoms with Crippen LogP contribution in [0.3, 0.4) is 0 Å². The summed E-state index contributed by atoms with van der Waals surface area (Å²) in [5, 5.41) is 2.73. The predicted octanol–water partition coefficient (Wildman–Crippen LogP) is 1.82. The summed E-state index contributed by atoms with van der Waals surface area (Å²) >= 11 is 3.14. The van der Waals surface area contributed by atoms with Gasteiger partial charge in [-0.3, -0.25) is 4.79 Å². The lowest BCUT2D eigenvalue weighted by Gasteiger charge is -2.27. The van der Waals surface area contributed by atoms with Crippen LogP contribution in [0.25, 0.3) is 0 Å². The molecule has 0 aliphatic rings. The summed E-state index contributed by atoms with van der Waals surface area (Å²) < 4.78 is 16.0. The zero-order valence-corrected chi connectivity index (χ0v) is 11.7. The van der Waals surface area contributed by atoms with Crippen LogP contribution in [-0.4, -0.2) is 38.9 Å². The van der Waals surface area contributed by atoms with Crippen molar-refractivity contribution < 1.29 is 18.7 Å². The average Bonchev–Trinajstić information content (AvgIpc) is 2.73. The summed E-state index contributed by atoms with van der Waals surface area (Å²) in [6.07, 6.45) is 0. The van der Waals surface area contributed by atoms with Gasteiger partial charge in [-0.15, -0.1) is 0 Å². The van der Waals surface area contributed by atoms with Gasteiger partial charge in [0, 0.05) is 20.8 Å². The molecule has 0 radical (unpaired) electrons. The van der Waals surface area contributed by atoms with Crippen molar-refractivity contribution >= 4 is 21.8 Å². The molecule has 1 aromatic heterocycles. The molecule has 0 unspecified atom stereocenters. The van der Waals surface area contributed by atoms with E-state index in [1.807, 2.05) is 6.92 Å². The van der Waals surface area contributed by atoms with Crippen LogP contribution < -0.4 is 5.32 Å². The molecule has 0 saturated carbocycles. The van der Waals surface area contributed by atoms with Crippen LogP contribution in [-0.2, 0) is 9.47 Å². The van der Waals surface area contributed by atoms with Gasteiger partial charge in [0.15, 0.2) is 10.4 Å². The molecule has 0 fully saturated rings. The number of amides is 1. The van der Waals surface area contributed by atoms with Gasteiger partial charge in [-0.05, 0) is 35.0 Å². The third-order valence-corrected chi connectivity index (χ3v) is 2.79. The minimum Gasteiger partial charge on any atom is -0.444 e. The third-order valence-electron chi connectivity index (χ3n) is 2.36. The number of nitrogens with one attached hydrogen (secondary N) is 1. The summed E-state index contributed by atoms with van der Waals surface area (Å²) in [5.74, 6) is -0.0252. The number of hydrogen-bond donors (Lipinski definition) is 1. The van der Waals surface area contributed by atoms with E-state index >= 15 is 0 Å². The zero-order chi connectivity index (χ0) is 12.9. The predicted molar refractivity (Wildman–Crippen MR) is 66.0 cm³/mol. The quantitative estimate of drug-likeness (QED) is 0.871. The summed E-state index contributed by atoms with van der Waals surface area (Å²) in [7, 11) is 3.16. The minimum atomic E-state index is -0.547. The van der Waals surface area contributed by atoms with Crippen molar-refractivity contribution in [2.45, 2.75) is 12.5 Å². The number of halogens is 1. The molecule has 1 aromatic rings. The lowest BCUT2D eigenvalue weighted by atomic mass is 10.1. The molecule has 0 bridgehead atoms. The maximum Gasteiger partial charge on any atom is 0.287 e. The Kier molecular flexibility index (Phi) is 5.17. The van der Waals surface area contributed by atoms with Crippen molar-refractivity contribution in [3.8, 4) is 0 Å².